The molecule has 0 spiro atoms. The Bertz CT molecular complexity index is 1410. The van der Waals surface area contributed by atoms with Crippen LogP contribution in [0.3, 0.4) is 0 Å². The minimum atomic E-state index is -1.16. The number of amides is 3. The molecule has 3 aromatic rings. The van der Waals surface area contributed by atoms with Crippen molar-refractivity contribution < 1.29 is 23.6 Å². The quantitative estimate of drug-likeness (QED) is 0.237. The van der Waals surface area contributed by atoms with Crippen LogP contribution in [0.4, 0.5) is 11.4 Å². The summed E-state index contributed by atoms with van der Waals surface area (Å²) in [4.78, 5) is 50.2. The van der Waals surface area contributed by atoms with Crippen molar-refractivity contribution in [3.8, 4) is 5.75 Å². The van der Waals surface area contributed by atoms with E-state index in [0.29, 0.717) is 61.4 Å². The fraction of sp³-hybridized carbons (Fsp3) is 0.452. The molecule has 0 radical (unpaired) electrons. The highest BCUT2D eigenvalue weighted by molar-refractivity contribution is 6.20. The molecule has 2 aromatic heterocycles. The molecule has 42 heavy (non-hydrogen) atoms. The van der Waals surface area contributed by atoms with Crippen LogP contribution in [0.1, 0.15) is 49.0 Å². The summed E-state index contributed by atoms with van der Waals surface area (Å²) in [6, 6.07) is 11.1. The third-order valence-electron chi connectivity index (χ3n) is 7.52. The standard InChI is InChI=1S/C31H40N6O5/c1-7-37-26-10-9-24(20-27(26)35(6)29(39)31(3,4)30(37)40)41-18-8-15-36(21-23-11-13-32-14-12-23)17-16-34(5)28(38)25-19-22(2)42-33-25/h9-14,19-20H,7-8,15-18,21H2,1-6H3. The molecule has 3 amide bonds. The van der Waals surface area contributed by atoms with Gasteiger partial charge in [-0.1, -0.05) is 5.16 Å². The van der Waals surface area contributed by atoms with Gasteiger partial charge in [0.05, 0.1) is 18.0 Å². The van der Waals surface area contributed by atoms with E-state index in [1.165, 1.54) is 0 Å². The lowest BCUT2D eigenvalue weighted by Gasteiger charge is -2.27. The number of aromatic nitrogens is 2. The number of aryl methyl sites for hydroxylation is 1. The number of carbonyl (C=O) groups excluding carboxylic acids is 3. The van der Waals surface area contributed by atoms with Crippen molar-refractivity contribution in [1.82, 2.24) is 19.9 Å². The summed E-state index contributed by atoms with van der Waals surface area (Å²) in [5.74, 6) is 0.574. The molecule has 1 aliphatic heterocycles. The van der Waals surface area contributed by atoms with Gasteiger partial charge in [0.15, 0.2) is 5.69 Å². The smallest absolute Gasteiger partial charge is 0.275 e. The number of ether oxygens (including phenoxy) is 1. The number of benzene rings is 1. The topological polar surface area (TPSA) is 112 Å². The highest BCUT2D eigenvalue weighted by Gasteiger charge is 2.45. The Kier molecular flexibility index (Phi) is 9.62. The summed E-state index contributed by atoms with van der Waals surface area (Å²) in [5.41, 5.74) is 1.61. The van der Waals surface area contributed by atoms with E-state index >= 15 is 0 Å². The molecule has 1 aromatic carbocycles. The molecule has 0 fully saturated rings. The fourth-order valence-corrected chi connectivity index (χ4v) is 5.02. The Morgan fingerprint density at radius 3 is 2.43 bits per heavy atom. The molecule has 0 saturated heterocycles. The number of hydrogen-bond donors (Lipinski definition) is 0. The van der Waals surface area contributed by atoms with Gasteiger partial charge in [0.25, 0.3) is 5.91 Å². The van der Waals surface area contributed by atoms with E-state index < -0.39 is 5.41 Å². The predicted molar refractivity (Wildman–Crippen MR) is 159 cm³/mol. The fourth-order valence-electron chi connectivity index (χ4n) is 5.02. The third-order valence-corrected chi connectivity index (χ3v) is 7.52. The molecule has 3 heterocycles. The van der Waals surface area contributed by atoms with Gasteiger partial charge in [-0.15, -0.1) is 0 Å². The first-order chi connectivity index (χ1) is 20.0. The van der Waals surface area contributed by atoms with Gasteiger partial charge in [0, 0.05) is 71.3 Å². The molecule has 0 bridgehead atoms. The van der Waals surface area contributed by atoms with E-state index in [2.05, 4.69) is 15.0 Å². The Hall–Kier alpha value is -4.25. The van der Waals surface area contributed by atoms with Gasteiger partial charge in [-0.3, -0.25) is 24.3 Å². The maximum Gasteiger partial charge on any atom is 0.275 e. The monoisotopic (exact) mass is 576 g/mol. The number of hydrogen-bond acceptors (Lipinski definition) is 8. The second kappa shape index (κ2) is 13.2. The van der Waals surface area contributed by atoms with E-state index in [9.17, 15) is 14.4 Å². The van der Waals surface area contributed by atoms with Crippen molar-refractivity contribution in [2.45, 2.75) is 40.7 Å². The molecule has 4 rings (SSSR count). The lowest BCUT2D eigenvalue weighted by atomic mass is 9.90. The zero-order valence-corrected chi connectivity index (χ0v) is 25.3. The zero-order chi connectivity index (χ0) is 30.4. The Balaban J connectivity index is 1.38. The van der Waals surface area contributed by atoms with Crippen LogP contribution in [0.15, 0.2) is 53.3 Å². The minimum absolute atomic E-state index is 0.183. The number of nitrogens with zero attached hydrogens (tertiary/aromatic N) is 6. The average Bonchev–Trinajstić information content (AvgIpc) is 3.42. The molecular weight excluding hydrogens is 536 g/mol. The summed E-state index contributed by atoms with van der Waals surface area (Å²) in [6.07, 6.45) is 4.28. The maximum absolute atomic E-state index is 13.1. The first kappa shape index (κ1) is 30.7. The Labute approximate surface area is 247 Å². The van der Waals surface area contributed by atoms with E-state index in [1.54, 1.807) is 68.0 Å². The van der Waals surface area contributed by atoms with E-state index in [1.807, 2.05) is 37.3 Å². The predicted octanol–water partition coefficient (Wildman–Crippen LogP) is 3.78. The van der Waals surface area contributed by atoms with Gasteiger partial charge in [-0.2, -0.15) is 0 Å². The minimum Gasteiger partial charge on any atom is -0.493 e. The third kappa shape index (κ3) is 6.79. The summed E-state index contributed by atoms with van der Waals surface area (Å²) in [6.45, 7) is 10.5. The van der Waals surface area contributed by atoms with Gasteiger partial charge < -0.3 is 24.0 Å². The van der Waals surface area contributed by atoms with Crippen LogP contribution >= 0.6 is 0 Å². The lowest BCUT2D eigenvalue weighted by Crippen LogP contribution is -2.47. The zero-order valence-electron chi connectivity index (χ0n) is 25.3. The maximum atomic E-state index is 13.1. The van der Waals surface area contributed by atoms with E-state index in [0.717, 1.165) is 18.5 Å². The van der Waals surface area contributed by atoms with Crippen molar-refractivity contribution in [2.75, 3.05) is 56.7 Å². The molecular formula is C31H40N6O5. The van der Waals surface area contributed by atoms with Crippen molar-refractivity contribution in [3.05, 3.63) is 65.8 Å². The first-order valence-electron chi connectivity index (χ1n) is 14.2. The number of rotatable bonds is 12. The van der Waals surface area contributed by atoms with Gasteiger partial charge in [0.1, 0.15) is 16.9 Å². The van der Waals surface area contributed by atoms with Crippen LogP contribution in [0.5, 0.6) is 5.75 Å². The van der Waals surface area contributed by atoms with Crippen LogP contribution < -0.4 is 14.5 Å². The van der Waals surface area contributed by atoms with Crippen molar-refractivity contribution in [2.24, 2.45) is 5.41 Å². The first-order valence-corrected chi connectivity index (χ1v) is 14.2. The summed E-state index contributed by atoms with van der Waals surface area (Å²) >= 11 is 0. The Morgan fingerprint density at radius 2 is 1.76 bits per heavy atom. The van der Waals surface area contributed by atoms with Crippen LogP contribution in [0.2, 0.25) is 0 Å². The largest absolute Gasteiger partial charge is 0.493 e. The Morgan fingerprint density at radius 1 is 1.02 bits per heavy atom. The highest BCUT2D eigenvalue weighted by atomic mass is 16.5. The molecule has 0 saturated carbocycles. The number of anilines is 2. The van der Waals surface area contributed by atoms with Crippen LogP contribution in [0.25, 0.3) is 0 Å². The summed E-state index contributed by atoms with van der Waals surface area (Å²) in [5, 5.41) is 3.84. The van der Waals surface area contributed by atoms with Crippen LogP contribution in [-0.2, 0) is 16.1 Å². The molecule has 1 aliphatic rings. The molecule has 224 valence electrons. The van der Waals surface area contributed by atoms with Crippen molar-refractivity contribution in [3.63, 3.8) is 0 Å². The van der Waals surface area contributed by atoms with Gasteiger partial charge in [0.2, 0.25) is 11.8 Å². The molecule has 0 N–H and O–H groups in total. The molecule has 11 nitrogen and oxygen atoms in total. The summed E-state index contributed by atoms with van der Waals surface area (Å²) in [7, 11) is 3.45. The molecule has 0 unspecified atom stereocenters. The van der Waals surface area contributed by atoms with Gasteiger partial charge >= 0.3 is 0 Å². The number of likely N-dealkylation sites (N-methyl/N-ethyl adjacent to an activating group) is 1. The van der Waals surface area contributed by atoms with Crippen molar-refractivity contribution >= 4 is 29.1 Å². The normalized spacial score (nSPS) is 14.6. The molecule has 0 aliphatic carbocycles. The number of fused-ring (bicyclic) bond motifs is 1. The van der Waals surface area contributed by atoms with E-state index in [4.69, 9.17) is 9.26 Å². The summed E-state index contributed by atoms with van der Waals surface area (Å²) < 4.78 is 11.2. The lowest BCUT2D eigenvalue weighted by molar-refractivity contribution is -0.137. The SMILES string of the molecule is CCN1C(=O)C(C)(C)C(=O)N(C)c2cc(OCCCN(CCN(C)C(=O)c3cc(C)on3)Cc3ccncc3)ccc21. The van der Waals surface area contributed by atoms with Gasteiger partial charge in [-0.05, 0) is 63.9 Å². The number of carbonyl (C=O) groups is 3. The van der Waals surface area contributed by atoms with E-state index in [-0.39, 0.29) is 17.7 Å². The van der Waals surface area contributed by atoms with Crippen LogP contribution in [-0.4, -0.2) is 84.5 Å². The number of pyridine rings is 1. The van der Waals surface area contributed by atoms with Crippen molar-refractivity contribution in [1.29, 1.82) is 0 Å². The van der Waals surface area contributed by atoms with Crippen LogP contribution in [0, 0.1) is 12.3 Å². The second-order valence-corrected chi connectivity index (χ2v) is 11.1. The molecule has 11 heteroatoms. The highest BCUT2D eigenvalue weighted by Crippen LogP contribution is 2.40. The second-order valence-electron chi connectivity index (χ2n) is 11.1. The van der Waals surface area contributed by atoms with Gasteiger partial charge in [-0.25, -0.2) is 0 Å². The average molecular weight is 577 g/mol. The molecule has 0 atom stereocenters.